The maximum atomic E-state index is 5.46. The van der Waals surface area contributed by atoms with Crippen molar-refractivity contribution in [1.82, 2.24) is 0 Å². The van der Waals surface area contributed by atoms with Crippen LogP contribution in [0, 0.1) is 0 Å². The van der Waals surface area contributed by atoms with Gasteiger partial charge in [0.15, 0.2) is 0 Å². The average molecular weight is 156 g/mol. The lowest BCUT2D eigenvalue weighted by Gasteiger charge is -2.16. The second-order valence-corrected chi connectivity index (χ2v) is 6.31. The molecule has 0 aromatic carbocycles. The Balaban J connectivity index is 3.91. The SMILES string of the molecule is C=C[Si](C)(C=C)O[Si]C. The van der Waals surface area contributed by atoms with Crippen LogP contribution in [0.4, 0.5) is 0 Å². The normalized spacial score (nSPS) is 10.9. The number of rotatable bonds is 4. The third kappa shape index (κ3) is 2.79. The monoisotopic (exact) mass is 156 g/mol. The van der Waals surface area contributed by atoms with Gasteiger partial charge in [0.1, 0.15) is 0 Å². The third-order valence-corrected chi connectivity index (χ3v) is 5.33. The van der Waals surface area contributed by atoms with E-state index in [1.165, 1.54) is 0 Å². The molecule has 0 unspecified atom stereocenters. The molecule has 0 amide bonds. The molecule has 0 fully saturated rings. The summed E-state index contributed by atoms with van der Waals surface area (Å²) in [6.07, 6.45) is 0. The van der Waals surface area contributed by atoms with E-state index in [9.17, 15) is 0 Å². The molecule has 0 saturated heterocycles. The van der Waals surface area contributed by atoms with Gasteiger partial charge in [-0.1, -0.05) is 11.4 Å². The van der Waals surface area contributed by atoms with E-state index in [2.05, 4.69) is 19.7 Å². The van der Waals surface area contributed by atoms with Gasteiger partial charge in [-0.15, -0.1) is 13.2 Å². The zero-order valence-electron chi connectivity index (χ0n) is 5.98. The van der Waals surface area contributed by atoms with Crippen molar-refractivity contribution in [3.8, 4) is 0 Å². The van der Waals surface area contributed by atoms with Gasteiger partial charge in [-0.2, -0.15) is 0 Å². The quantitative estimate of drug-likeness (QED) is 0.563. The molecule has 0 bridgehead atoms. The van der Waals surface area contributed by atoms with Crippen molar-refractivity contribution >= 4 is 18.1 Å². The fourth-order valence-corrected chi connectivity index (χ4v) is 2.98. The molecular formula is C6H12OSi2. The van der Waals surface area contributed by atoms with Crippen LogP contribution in [0.3, 0.4) is 0 Å². The van der Waals surface area contributed by atoms with Crippen molar-refractivity contribution in [2.24, 2.45) is 0 Å². The second-order valence-electron chi connectivity index (χ2n) is 1.90. The lowest BCUT2D eigenvalue weighted by atomic mass is 11.2. The molecule has 0 aliphatic rings. The molecule has 3 heteroatoms. The van der Waals surface area contributed by atoms with Crippen LogP contribution in [0.2, 0.25) is 13.1 Å². The smallest absolute Gasteiger partial charge is 0.225 e. The van der Waals surface area contributed by atoms with Gasteiger partial charge in [0, 0.05) is 0 Å². The summed E-state index contributed by atoms with van der Waals surface area (Å²) in [6.45, 7) is 11.5. The minimum atomic E-state index is -1.66. The Kier molecular flexibility index (Phi) is 3.76. The molecule has 0 atom stereocenters. The first kappa shape index (κ1) is 8.87. The highest BCUT2D eigenvalue weighted by atomic mass is 28.4. The Morgan fingerprint density at radius 2 is 1.89 bits per heavy atom. The standard InChI is InChI=1S/C6H12OSi2/c1-5-9(4,6-2)7-8-3/h5-6H,1-2H2,3-4H3. The van der Waals surface area contributed by atoms with E-state index < -0.39 is 8.32 Å². The minimum Gasteiger partial charge on any atom is -0.450 e. The van der Waals surface area contributed by atoms with Crippen LogP contribution in [0.5, 0.6) is 0 Å². The molecule has 0 aliphatic heterocycles. The van der Waals surface area contributed by atoms with Crippen molar-refractivity contribution in [3.63, 3.8) is 0 Å². The molecule has 1 nitrogen and oxygen atoms in total. The largest absolute Gasteiger partial charge is 0.450 e. The van der Waals surface area contributed by atoms with Gasteiger partial charge in [0.05, 0.1) is 0 Å². The van der Waals surface area contributed by atoms with Crippen LogP contribution in [0.15, 0.2) is 24.6 Å². The molecule has 0 aliphatic carbocycles. The minimum absolute atomic E-state index is 0.542. The molecule has 0 saturated carbocycles. The average Bonchev–Trinajstić information content (AvgIpc) is 1.89. The van der Waals surface area contributed by atoms with Gasteiger partial charge >= 0.3 is 0 Å². The molecule has 0 N–H and O–H groups in total. The number of hydrogen-bond donors (Lipinski definition) is 0. The summed E-state index contributed by atoms with van der Waals surface area (Å²) in [5.41, 5.74) is 3.77. The summed E-state index contributed by atoms with van der Waals surface area (Å²) < 4.78 is 5.46. The zero-order chi connectivity index (χ0) is 7.33. The van der Waals surface area contributed by atoms with Crippen molar-refractivity contribution in [1.29, 1.82) is 0 Å². The lowest BCUT2D eigenvalue weighted by molar-refractivity contribution is 0.616. The zero-order valence-corrected chi connectivity index (χ0v) is 7.98. The van der Waals surface area contributed by atoms with E-state index >= 15 is 0 Å². The van der Waals surface area contributed by atoms with Crippen molar-refractivity contribution < 1.29 is 4.12 Å². The van der Waals surface area contributed by atoms with Gasteiger partial charge < -0.3 is 4.12 Å². The van der Waals surface area contributed by atoms with E-state index in [-0.39, 0.29) is 0 Å². The summed E-state index contributed by atoms with van der Waals surface area (Å²) in [5.74, 6) is 0. The summed E-state index contributed by atoms with van der Waals surface area (Å²) >= 11 is 0. The summed E-state index contributed by atoms with van der Waals surface area (Å²) in [6, 6.07) is 0. The Morgan fingerprint density at radius 3 is 2.00 bits per heavy atom. The predicted molar refractivity (Wildman–Crippen MR) is 44.7 cm³/mol. The summed E-state index contributed by atoms with van der Waals surface area (Å²) in [4.78, 5) is 0. The van der Waals surface area contributed by atoms with E-state index in [4.69, 9.17) is 4.12 Å². The van der Waals surface area contributed by atoms with Crippen LogP contribution < -0.4 is 0 Å². The second kappa shape index (κ2) is 3.82. The molecule has 2 radical (unpaired) electrons. The van der Waals surface area contributed by atoms with Crippen LogP contribution in [0.25, 0.3) is 0 Å². The topological polar surface area (TPSA) is 9.23 Å². The van der Waals surface area contributed by atoms with Crippen LogP contribution in [-0.4, -0.2) is 18.1 Å². The third-order valence-electron chi connectivity index (χ3n) is 1.13. The molecule has 9 heavy (non-hydrogen) atoms. The van der Waals surface area contributed by atoms with Crippen LogP contribution in [0.1, 0.15) is 0 Å². The fourth-order valence-electron chi connectivity index (χ4n) is 0.387. The Bertz CT molecular complexity index is 104. The first-order valence-electron chi connectivity index (χ1n) is 2.80. The van der Waals surface area contributed by atoms with Gasteiger partial charge in [0.2, 0.25) is 18.1 Å². The lowest BCUT2D eigenvalue weighted by Crippen LogP contribution is -2.30. The highest BCUT2D eigenvalue weighted by Crippen LogP contribution is 2.04. The van der Waals surface area contributed by atoms with E-state index in [1.807, 2.05) is 17.9 Å². The molecule has 0 heterocycles. The fraction of sp³-hybridized carbons (Fsp3) is 0.333. The van der Waals surface area contributed by atoms with Gasteiger partial charge in [-0.3, -0.25) is 0 Å². The highest BCUT2D eigenvalue weighted by molar-refractivity contribution is 6.84. The Hall–Kier alpha value is -0.126. The first-order valence-corrected chi connectivity index (χ1v) is 6.77. The maximum Gasteiger partial charge on any atom is 0.225 e. The Labute approximate surface area is 60.5 Å². The van der Waals surface area contributed by atoms with Crippen LogP contribution in [-0.2, 0) is 4.12 Å². The summed E-state index contributed by atoms with van der Waals surface area (Å²) in [7, 11) is -1.12. The van der Waals surface area contributed by atoms with Gasteiger partial charge in [-0.05, 0) is 13.1 Å². The van der Waals surface area contributed by atoms with E-state index in [0.29, 0.717) is 9.76 Å². The molecule has 50 valence electrons. The Morgan fingerprint density at radius 1 is 1.44 bits per heavy atom. The van der Waals surface area contributed by atoms with Crippen molar-refractivity contribution in [3.05, 3.63) is 24.6 Å². The number of hydrogen-bond acceptors (Lipinski definition) is 1. The van der Waals surface area contributed by atoms with Crippen LogP contribution >= 0.6 is 0 Å². The molecule has 0 aromatic heterocycles. The van der Waals surface area contributed by atoms with E-state index in [0.717, 1.165) is 0 Å². The summed E-state index contributed by atoms with van der Waals surface area (Å²) in [5, 5.41) is 0. The first-order chi connectivity index (χ1) is 4.18. The van der Waals surface area contributed by atoms with E-state index in [1.54, 1.807) is 0 Å². The predicted octanol–water partition coefficient (Wildman–Crippen LogP) is 1.70. The van der Waals surface area contributed by atoms with Gasteiger partial charge in [-0.25, -0.2) is 0 Å². The van der Waals surface area contributed by atoms with Crippen molar-refractivity contribution in [2.45, 2.75) is 13.1 Å². The van der Waals surface area contributed by atoms with Crippen molar-refractivity contribution in [2.75, 3.05) is 0 Å². The maximum absolute atomic E-state index is 5.46. The molecule has 0 aromatic rings. The van der Waals surface area contributed by atoms with Gasteiger partial charge in [0.25, 0.3) is 0 Å². The highest BCUT2D eigenvalue weighted by Gasteiger charge is 2.18. The molecule has 0 spiro atoms. The molecule has 0 rings (SSSR count). The molecular weight excluding hydrogens is 144 g/mol.